The molecule has 0 aliphatic carbocycles. The van der Waals surface area contributed by atoms with Gasteiger partial charge in [-0.25, -0.2) is 0 Å². The number of ether oxygens (including phenoxy) is 2. The molecule has 0 radical (unpaired) electrons. The number of aliphatic carboxylic acids is 1. The van der Waals surface area contributed by atoms with Crippen LogP contribution in [-0.2, 0) is 37.5 Å². The molecule has 11 nitrogen and oxygen atoms in total. The number of carboxylic acids is 1. The van der Waals surface area contributed by atoms with Gasteiger partial charge in [0, 0.05) is 12.8 Å². The second-order valence-corrected chi connectivity index (χ2v) is 16.6. The molecule has 0 saturated heterocycles. The summed E-state index contributed by atoms with van der Waals surface area (Å²) in [6.07, 6.45) is 40.7. The summed E-state index contributed by atoms with van der Waals surface area (Å²) in [5.74, 6) is -2.59. The summed E-state index contributed by atoms with van der Waals surface area (Å²) < 4.78 is 32.4. The summed E-state index contributed by atoms with van der Waals surface area (Å²) in [5, 5.41) is 10.8. The maximum atomic E-state index is 12.6. The summed E-state index contributed by atoms with van der Waals surface area (Å²) in [4.78, 5) is 48.1. The third-order valence-electron chi connectivity index (χ3n) is 9.73. The van der Waals surface area contributed by atoms with E-state index in [-0.39, 0.29) is 19.4 Å². The molecule has 0 bridgehead atoms. The Morgan fingerprint density at radius 3 is 1.43 bits per heavy atom. The highest BCUT2D eigenvalue weighted by Gasteiger charge is 2.22. The number of allylic oxidation sites excluding steroid dienone is 4. The minimum atomic E-state index is -4.95. The van der Waals surface area contributed by atoms with Gasteiger partial charge in [0.2, 0.25) is 0 Å². The molecule has 0 aromatic heterocycles. The minimum Gasteiger partial charge on any atom is -0.756 e. The van der Waals surface area contributed by atoms with Gasteiger partial charge in [-0.1, -0.05) is 173 Å². The summed E-state index contributed by atoms with van der Waals surface area (Å²) in [7, 11) is -4.95. The van der Waals surface area contributed by atoms with E-state index in [2.05, 4.69) is 48.4 Å². The normalized spacial score (nSPS) is 13.9. The van der Waals surface area contributed by atoms with Crippen LogP contribution in [0.2, 0.25) is 0 Å². The third kappa shape index (κ3) is 38.8. The highest BCUT2D eigenvalue weighted by Crippen LogP contribution is 2.38. The van der Waals surface area contributed by atoms with E-state index in [1.807, 2.05) is 0 Å². The first-order valence-electron chi connectivity index (χ1n) is 22.4. The van der Waals surface area contributed by atoms with Crippen LogP contribution in [0.1, 0.15) is 206 Å². The minimum absolute atomic E-state index is 0.133. The molecule has 0 aliphatic heterocycles. The number of quaternary nitrogens is 1. The van der Waals surface area contributed by atoms with Gasteiger partial charge in [-0.15, -0.1) is 0 Å². The molecule has 0 aromatic carbocycles. The highest BCUT2D eigenvalue weighted by atomic mass is 31.2. The number of phosphoric ester groups is 1. The van der Waals surface area contributed by atoms with Crippen LogP contribution in [0.25, 0.3) is 0 Å². The molecule has 3 atom stereocenters. The predicted molar refractivity (Wildman–Crippen MR) is 220 cm³/mol. The van der Waals surface area contributed by atoms with Crippen LogP contribution in [0, 0.1) is 0 Å². The van der Waals surface area contributed by atoms with Crippen LogP contribution in [0.5, 0.6) is 0 Å². The zero-order chi connectivity index (χ0) is 41.4. The molecular weight excluding hydrogens is 733 g/mol. The largest absolute Gasteiger partial charge is 0.756 e. The fourth-order valence-electron chi connectivity index (χ4n) is 6.15. The van der Waals surface area contributed by atoms with Gasteiger partial charge in [0.1, 0.15) is 25.2 Å². The summed E-state index contributed by atoms with van der Waals surface area (Å²) in [6, 6.07) is -1.42. The molecule has 328 valence electrons. The van der Waals surface area contributed by atoms with Gasteiger partial charge in [0.15, 0.2) is 6.10 Å². The van der Waals surface area contributed by atoms with Crippen LogP contribution >= 0.6 is 7.82 Å². The molecule has 56 heavy (non-hydrogen) atoms. The van der Waals surface area contributed by atoms with Crippen molar-refractivity contribution in [2.45, 2.75) is 219 Å². The van der Waals surface area contributed by atoms with E-state index in [9.17, 15) is 28.9 Å². The van der Waals surface area contributed by atoms with Crippen molar-refractivity contribution in [2.75, 3.05) is 19.8 Å². The fraction of sp³-hybridized carbons (Fsp3) is 0.841. The molecule has 0 fully saturated rings. The van der Waals surface area contributed by atoms with Crippen molar-refractivity contribution in [1.82, 2.24) is 0 Å². The zero-order valence-corrected chi connectivity index (χ0v) is 36.4. The first kappa shape index (κ1) is 54.0. The first-order valence-corrected chi connectivity index (χ1v) is 23.9. The predicted octanol–water partition coefficient (Wildman–Crippen LogP) is 9.16. The third-order valence-corrected chi connectivity index (χ3v) is 10.7. The molecule has 0 spiro atoms. The van der Waals surface area contributed by atoms with E-state index in [0.717, 1.165) is 64.2 Å². The number of unbranched alkanes of at least 4 members (excludes halogenated alkanes) is 24. The van der Waals surface area contributed by atoms with Crippen molar-refractivity contribution in [3.63, 3.8) is 0 Å². The van der Waals surface area contributed by atoms with Crippen molar-refractivity contribution in [3.05, 3.63) is 24.3 Å². The second-order valence-electron chi connectivity index (χ2n) is 15.2. The van der Waals surface area contributed by atoms with E-state index in [4.69, 9.17) is 14.0 Å². The standard InChI is InChI=1S/C44H82NO10P/c1-3-5-7-9-11-13-15-17-19-20-22-23-25-27-29-31-33-35-42(46)52-37-40(38-53-56(50,51)54-39-41(45)44(48)49)55-43(47)36-34-32-30-28-26-24-21-18-16-14-12-10-8-6-4-2/h12,14,18,21,40-41H,3-11,13,15-17,19-20,22-39,45H2,1-2H3,(H,48,49)(H,50,51)/p-1/b14-12-,21-18-/t40-,41+/m1/s1. The van der Waals surface area contributed by atoms with Gasteiger partial charge in [0.25, 0.3) is 7.82 Å². The van der Waals surface area contributed by atoms with E-state index in [1.165, 1.54) is 103 Å². The van der Waals surface area contributed by atoms with E-state index in [1.54, 1.807) is 0 Å². The quantitative estimate of drug-likeness (QED) is 0.0270. The molecule has 3 N–H and O–H groups in total. The molecule has 0 saturated carbocycles. The molecular formula is C44H81NO10P-. The summed E-state index contributed by atoms with van der Waals surface area (Å²) in [6.45, 7) is 2.68. The lowest BCUT2D eigenvalue weighted by atomic mass is 10.0. The lowest BCUT2D eigenvalue weighted by Crippen LogP contribution is -2.70. The van der Waals surface area contributed by atoms with Crippen LogP contribution < -0.4 is 15.7 Å². The number of carboxylic acid groups (broad SMARTS) is 1. The number of phosphoric acid groups is 1. The van der Waals surface area contributed by atoms with Crippen LogP contribution in [0.3, 0.4) is 0 Å². The van der Waals surface area contributed by atoms with Crippen LogP contribution in [0.15, 0.2) is 24.3 Å². The first-order chi connectivity index (χ1) is 27.1. The summed E-state index contributed by atoms with van der Waals surface area (Å²) >= 11 is 0. The Kier molecular flexibility index (Phi) is 38.3. The zero-order valence-electron chi connectivity index (χ0n) is 35.5. The van der Waals surface area contributed by atoms with Crippen molar-refractivity contribution in [1.29, 1.82) is 0 Å². The number of hydrogen-bond donors (Lipinski definition) is 1. The number of esters is 2. The average molecular weight is 815 g/mol. The topological polar surface area (TPSA) is 179 Å². The van der Waals surface area contributed by atoms with Crippen LogP contribution in [0.4, 0.5) is 0 Å². The Morgan fingerprint density at radius 2 is 0.946 bits per heavy atom. The molecule has 0 rings (SSSR count). The van der Waals surface area contributed by atoms with E-state index >= 15 is 0 Å². The number of carbonyl (C=O) groups is 3. The second kappa shape index (κ2) is 39.8. The molecule has 1 unspecified atom stereocenters. The van der Waals surface area contributed by atoms with Crippen molar-refractivity contribution >= 4 is 25.7 Å². The van der Waals surface area contributed by atoms with Crippen molar-refractivity contribution < 1.29 is 53.2 Å². The lowest BCUT2D eigenvalue weighted by Gasteiger charge is -2.26. The van der Waals surface area contributed by atoms with Gasteiger partial charge >= 0.3 is 11.9 Å². The fourth-order valence-corrected chi connectivity index (χ4v) is 6.94. The van der Waals surface area contributed by atoms with Gasteiger partial charge in [-0.3, -0.25) is 14.2 Å². The lowest BCUT2D eigenvalue weighted by molar-refractivity contribution is -0.441. The van der Waals surface area contributed by atoms with Crippen molar-refractivity contribution in [3.8, 4) is 0 Å². The van der Waals surface area contributed by atoms with Gasteiger partial charge < -0.3 is 39.0 Å². The highest BCUT2D eigenvalue weighted by molar-refractivity contribution is 7.45. The molecule has 12 heteroatoms. The van der Waals surface area contributed by atoms with Crippen LogP contribution in [-0.4, -0.2) is 49.9 Å². The Labute approximate surface area is 340 Å². The van der Waals surface area contributed by atoms with E-state index in [0.29, 0.717) is 12.8 Å². The molecule has 0 amide bonds. The Bertz CT molecular complexity index is 1050. The Balaban J connectivity index is 4.34. The van der Waals surface area contributed by atoms with Gasteiger partial charge in [0.05, 0.1) is 6.61 Å². The maximum Gasteiger partial charge on any atom is 0.306 e. The number of rotatable bonds is 42. The van der Waals surface area contributed by atoms with Crippen molar-refractivity contribution in [2.24, 2.45) is 0 Å². The van der Waals surface area contributed by atoms with Gasteiger partial charge in [-0.05, 0) is 44.9 Å². The summed E-state index contributed by atoms with van der Waals surface area (Å²) in [5.41, 5.74) is 3.24. The Hall–Kier alpha value is -2.04. The molecule has 0 aliphatic rings. The van der Waals surface area contributed by atoms with Gasteiger partial charge in [-0.2, -0.15) is 0 Å². The number of carbonyl (C=O) groups excluding carboxylic acids is 3. The molecule has 0 heterocycles. The smallest absolute Gasteiger partial charge is 0.306 e. The number of hydrogen-bond acceptors (Lipinski definition) is 10. The SMILES string of the molecule is CCCCC/C=C\C/C=C\CCCCCCCC(=O)O[C@H](COC(=O)CCCCCCCCCCCCCCCCCCC)COP(=O)([O-])OC[C@H]([NH3+])C(=O)[O-]. The average Bonchev–Trinajstić information content (AvgIpc) is 3.17. The van der Waals surface area contributed by atoms with E-state index < -0.39 is 51.1 Å². The monoisotopic (exact) mass is 815 g/mol. The maximum absolute atomic E-state index is 12.6. The molecule has 0 aromatic rings. The Morgan fingerprint density at radius 1 is 0.554 bits per heavy atom.